The zero-order chi connectivity index (χ0) is 31.7. The van der Waals surface area contributed by atoms with Crippen LogP contribution in [0.1, 0.15) is 83.2 Å². The van der Waals surface area contributed by atoms with Crippen LogP contribution >= 0.6 is 0 Å². The van der Waals surface area contributed by atoms with Gasteiger partial charge in [-0.2, -0.15) is 0 Å². The average molecular weight is 582 g/mol. The topological polar surface area (TPSA) is 114 Å². The molecule has 2 aromatic rings. The van der Waals surface area contributed by atoms with Crippen molar-refractivity contribution < 1.29 is 28.7 Å². The summed E-state index contributed by atoms with van der Waals surface area (Å²) in [5.74, 6) is -1.30. The van der Waals surface area contributed by atoms with Crippen LogP contribution in [0.25, 0.3) is 0 Å². The number of nitrogens with zero attached hydrogens (tertiary/aromatic N) is 1. The van der Waals surface area contributed by atoms with E-state index in [1.165, 1.54) is 4.90 Å². The van der Waals surface area contributed by atoms with Crippen molar-refractivity contribution in [3.8, 4) is 0 Å². The van der Waals surface area contributed by atoms with Crippen LogP contribution < -0.4 is 10.6 Å². The van der Waals surface area contributed by atoms with E-state index in [2.05, 4.69) is 10.6 Å². The largest absolute Gasteiger partial charge is 0.466 e. The van der Waals surface area contributed by atoms with Crippen LogP contribution in [0.2, 0.25) is 0 Å². The minimum Gasteiger partial charge on any atom is -0.466 e. The number of aryl methyl sites for hydroxylation is 2. The van der Waals surface area contributed by atoms with Crippen LogP contribution in [0.5, 0.6) is 0 Å². The average Bonchev–Trinajstić information content (AvgIpc) is 2.87. The highest BCUT2D eigenvalue weighted by Crippen LogP contribution is 2.32. The number of carbonyl (C=O) groups excluding carboxylic acids is 4. The maximum Gasteiger partial charge on any atom is 0.408 e. The first-order valence-electron chi connectivity index (χ1n) is 14.4. The highest BCUT2D eigenvalue weighted by atomic mass is 16.6. The monoisotopic (exact) mass is 581 g/mol. The summed E-state index contributed by atoms with van der Waals surface area (Å²) in [6.45, 7) is 16.6. The molecule has 2 atom stereocenters. The molecule has 2 N–H and O–H groups in total. The number of nitrogens with one attached hydrogen (secondary N) is 2. The van der Waals surface area contributed by atoms with E-state index >= 15 is 0 Å². The zero-order valence-electron chi connectivity index (χ0n) is 26.5. The predicted octanol–water partition coefficient (Wildman–Crippen LogP) is 5.18. The molecule has 9 heteroatoms. The molecule has 0 saturated heterocycles. The second kappa shape index (κ2) is 14.8. The maximum absolute atomic E-state index is 14.6. The van der Waals surface area contributed by atoms with Gasteiger partial charge in [-0.1, -0.05) is 54.1 Å². The summed E-state index contributed by atoms with van der Waals surface area (Å²) in [5.41, 5.74) is 1.63. The van der Waals surface area contributed by atoms with E-state index in [1.807, 2.05) is 83.1 Å². The van der Waals surface area contributed by atoms with E-state index in [0.717, 1.165) is 16.7 Å². The molecule has 0 aromatic heterocycles. The van der Waals surface area contributed by atoms with Crippen LogP contribution in [0.3, 0.4) is 0 Å². The summed E-state index contributed by atoms with van der Waals surface area (Å²) in [7, 11) is 0. The fourth-order valence-electron chi connectivity index (χ4n) is 4.58. The number of rotatable bonds is 11. The Bertz CT molecular complexity index is 1230. The molecule has 2 unspecified atom stereocenters. The van der Waals surface area contributed by atoms with Crippen molar-refractivity contribution in [2.75, 3.05) is 13.2 Å². The van der Waals surface area contributed by atoms with E-state index in [1.54, 1.807) is 27.7 Å². The van der Waals surface area contributed by atoms with E-state index < -0.39 is 47.1 Å². The molecule has 0 fully saturated rings. The van der Waals surface area contributed by atoms with Gasteiger partial charge < -0.3 is 25.0 Å². The normalized spacial score (nSPS) is 13.0. The lowest BCUT2D eigenvalue weighted by Gasteiger charge is -2.43. The molecule has 0 spiro atoms. The Morgan fingerprint density at radius 2 is 1.57 bits per heavy atom. The number of ether oxygens (including phenoxy) is 2. The van der Waals surface area contributed by atoms with Crippen molar-refractivity contribution in [1.82, 2.24) is 15.5 Å². The molecule has 230 valence electrons. The molecule has 42 heavy (non-hydrogen) atoms. The maximum atomic E-state index is 14.6. The zero-order valence-corrected chi connectivity index (χ0v) is 26.5. The first-order valence-corrected chi connectivity index (χ1v) is 14.4. The third-order valence-electron chi connectivity index (χ3n) is 6.40. The van der Waals surface area contributed by atoms with Crippen molar-refractivity contribution >= 4 is 23.9 Å². The molecule has 0 aliphatic carbocycles. The van der Waals surface area contributed by atoms with Crippen molar-refractivity contribution in [1.29, 1.82) is 0 Å². The van der Waals surface area contributed by atoms with E-state index in [0.29, 0.717) is 5.56 Å². The number of esters is 1. The molecule has 0 bridgehead atoms. The molecule has 0 saturated carbocycles. The van der Waals surface area contributed by atoms with Gasteiger partial charge in [0, 0.05) is 18.5 Å². The number of hydrogen-bond donors (Lipinski definition) is 2. The molecule has 2 rings (SSSR count). The standard InChI is InChI=1S/C33H47N3O6/c1-10-41-27(37)18-19-34-29(38)28(25-20-22(2)16-17-23(25)3)36(32(4,5)6)30(39)26(21-24-14-12-11-13-15-24)35-31(40)42-33(7,8)9/h11-17,20,26,28H,10,18-19,21H2,1-9H3,(H,34,38)(H,35,40). The fraction of sp³-hybridized carbons (Fsp3) is 0.515. The summed E-state index contributed by atoms with van der Waals surface area (Å²) in [4.78, 5) is 54.9. The highest BCUT2D eigenvalue weighted by Gasteiger charge is 2.42. The lowest BCUT2D eigenvalue weighted by atomic mass is 9.91. The Hall–Kier alpha value is -3.88. The Balaban J connectivity index is 2.59. The lowest BCUT2D eigenvalue weighted by Crippen LogP contribution is -2.59. The van der Waals surface area contributed by atoms with Crippen LogP contribution in [0.4, 0.5) is 4.79 Å². The minimum atomic E-state index is -1.04. The molecule has 0 heterocycles. The van der Waals surface area contributed by atoms with E-state index in [4.69, 9.17) is 9.47 Å². The third-order valence-corrected chi connectivity index (χ3v) is 6.40. The van der Waals surface area contributed by atoms with Gasteiger partial charge in [-0.3, -0.25) is 14.4 Å². The number of carbonyl (C=O) groups is 4. The quantitative estimate of drug-likeness (QED) is 0.354. The molecular weight excluding hydrogens is 534 g/mol. The summed E-state index contributed by atoms with van der Waals surface area (Å²) < 4.78 is 10.5. The Morgan fingerprint density at radius 3 is 2.14 bits per heavy atom. The smallest absolute Gasteiger partial charge is 0.408 e. The van der Waals surface area contributed by atoms with Gasteiger partial charge in [0.15, 0.2) is 0 Å². The van der Waals surface area contributed by atoms with Gasteiger partial charge in [-0.25, -0.2) is 4.79 Å². The SMILES string of the molecule is CCOC(=O)CCNC(=O)C(c1cc(C)ccc1C)N(C(=O)C(Cc1ccccc1)NC(=O)OC(C)(C)C)C(C)(C)C. The Kier molecular flexibility index (Phi) is 12.1. The van der Waals surface area contributed by atoms with Gasteiger partial charge in [0.25, 0.3) is 0 Å². The third kappa shape index (κ3) is 10.5. The van der Waals surface area contributed by atoms with Crippen molar-refractivity contribution in [2.24, 2.45) is 0 Å². The Morgan fingerprint density at radius 1 is 0.929 bits per heavy atom. The van der Waals surface area contributed by atoms with Crippen LogP contribution in [-0.4, -0.2) is 59.1 Å². The molecule has 0 aliphatic rings. The summed E-state index contributed by atoms with van der Waals surface area (Å²) in [5, 5.41) is 5.61. The number of amides is 3. The molecule has 3 amide bonds. The van der Waals surface area contributed by atoms with Crippen molar-refractivity contribution in [2.45, 2.75) is 98.4 Å². The second-order valence-corrected chi connectivity index (χ2v) is 12.4. The first kappa shape index (κ1) is 34.3. The summed E-state index contributed by atoms with van der Waals surface area (Å²) >= 11 is 0. The molecule has 2 aromatic carbocycles. The van der Waals surface area contributed by atoms with Gasteiger partial charge in [-0.15, -0.1) is 0 Å². The summed E-state index contributed by atoms with van der Waals surface area (Å²) in [6, 6.07) is 13.0. The molecular formula is C33H47N3O6. The fourth-order valence-corrected chi connectivity index (χ4v) is 4.58. The van der Waals surface area contributed by atoms with Gasteiger partial charge in [0.05, 0.1) is 13.0 Å². The minimum absolute atomic E-state index is 0.000600. The van der Waals surface area contributed by atoms with Crippen LogP contribution in [0.15, 0.2) is 48.5 Å². The number of hydrogen-bond acceptors (Lipinski definition) is 6. The van der Waals surface area contributed by atoms with Gasteiger partial charge in [0.1, 0.15) is 17.7 Å². The number of benzene rings is 2. The molecule has 0 aliphatic heterocycles. The predicted molar refractivity (Wildman–Crippen MR) is 163 cm³/mol. The number of alkyl carbamates (subject to hydrolysis) is 1. The lowest BCUT2D eigenvalue weighted by molar-refractivity contribution is -0.149. The first-order chi connectivity index (χ1) is 19.5. The van der Waals surface area contributed by atoms with E-state index in [-0.39, 0.29) is 26.0 Å². The van der Waals surface area contributed by atoms with Crippen LogP contribution in [0, 0.1) is 13.8 Å². The van der Waals surface area contributed by atoms with Gasteiger partial charge in [0.2, 0.25) is 11.8 Å². The molecule has 9 nitrogen and oxygen atoms in total. The molecule has 0 radical (unpaired) electrons. The highest BCUT2D eigenvalue weighted by molar-refractivity contribution is 5.93. The van der Waals surface area contributed by atoms with E-state index in [9.17, 15) is 19.2 Å². The van der Waals surface area contributed by atoms with Crippen molar-refractivity contribution in [3.05, 3.63) is 70.8 Å². The second-order valence-electron chi connectivity index (χ2n) is 12.4. The van der Waals surface area contributed by atoms with Crippen LogP contribution in [-0.2, 0) is 30.3 Å². The van der Waals surface area contributed by atoms with Crippen molar-refractivity contribution in [3.63, 3.8) is 0 Å². The summed E-state index contributed by atoms with van der Waals surface area (Å²) in [6.07, 6.45) is -0.540. The van der Waals surface area contributed by atoms with Gasteiger partial charge >= 0.3 is 12.1 Å². The Labute approximate surface area is 250 Å². The van der Waals surface area contributed by atoms with Gasteiger partial charge in [-0.05, 0) is 79.0 Å².